The zero-order chi connectivity index (χ0) is 19.9. The van der Waals surface area contributed by atoms with Gasteiger partial charge in [0.1, 0.15) is 0 Å². The van der Waals surface area contributed by atoms with Crippen molar-refractivity contribution >= 4 is 39.2 Å². The van der Waals surface area contributed by atoms with Gasteiger partial charge in [-0.3, -0.25) is 4.79 Å². The maximum absolute atomic E-state index is 13.6. The zero-order valence-electron chi connectivity index (χ0n) is 15.1. The van der Waals surface area contributed by atoms with Crippen molar-refractivity contribution in [1.29, 1.82) is 0 Å². The molecule has 1 aliphatic heterocycles. The van der Waals surface area contributed by atoms with Crippen LogP contribution in [-0.2, 0) is 14.3 Å². The molecule has 6 nitrogen and oxygen atoms in total. The standard InChI is InChI=1S/C20H20BrFN2O4/c21-14-3-8-18(17(22)11-14)27-13-20(26)28-12-19(25)23-15-4-6-16(7-5-15)24-9-1-2-10-24/h3-8,11H,1-2,9-10,12-13H2,(H,23,25). The van der Waals surface area contributed by atoms with Gasteiger partial charge in [-0.25, -0.2) is 9.18 Å². The Balaban J connectivity index is 1.40. The highest BCUT2D eigenvalue weighted by Crippen LogP contribution is 2.22. The summed E-state index contributed by atoms with van der Waals surface area (Å²) < 4.78 is 24.1. The number of benzene rings is 2. The Hall–Kier alpha value is -2.61. The van der Waals surface area contributed by atoms with Crippen LogP contribution in [0.4, 0.5) is 15.8 Å². The third-order valence-electron chi connectivity index (χ3n) is 4.23. The molecule has 1 aliphatic rings. The molecule has 2 aromatic carbocycles. The molecule has 1 fully saturated rings. The van der Waals surface area contributed by atoms with Gasteiger partial charge in [0, 0.05) is 28.9 Å². The molecule has 3 rings (SSSR count). The summed E-state index contributed by atoms with van der Waals surface area (Å²) in [6.07, 6.45) is 2.39. The highest BCUT2D eigenvalue weighted by molar-refractivity contribution is 9.10. The molecule has 0 spiro atoms. The van der Waals surface area contributed by atoms with Gasteiger partial charge in [-0.15, -0.1) is 0 Å². The van der Waals surface area contributed by atoms with E-state index < -0.39 is 30.9 Å². The molecule has 0 aromatic heterocycles. The van der Waals surface area contributed by atoms with E-state index in [4.69, 9.17) is 9.47 Å². The Kier molecular flexibility index (Phi) is 6.86. The van der Waals surface area contributed by atoms with E-state index in [-0.39, 0.29) is 5.75 Å². The van der Waals surface area contributed by atoms with Crippen molar-refractivity contribution in [2.75, 3.05) is 36.5 Å². The molecular weight excluding hydrogens is 431 g/mol. The first kappa shape index (κ1) is 20.1. The summed E-state index contributed by atoms with van der Waals surface area (Å²) in [4.78, 5) is 25.9. The van der Waals surface area contributed by atoms with E-state index in [0.717, 1.165) is 18.8 Å². The summed E-state index contributed by atoms with van der Waals surface area (Å²) in [6.45, 7) is 1.16. The SMILES string of the molecule is O=C(COC(=O)COc1ccc(Br)cc1F)Nc1ccc(N2CCCC2)cc1. The number of nitrogens with one attached hydrogen (secondary N) is 1. The van der Waals surface area contributed by atoms with Gasteiger partial charge in [-0.2, -0.15) is 0 Å². The number of hydrogen-bond acceptors (Lipinski definition) is 5. The molecule has 0 radical (unpaired) electrons. The Bertz CT molecular complexity index is 839. The van der Waals surface area contributed by atoms with Crippen LogP contribution in [-0.4, -0.2) is 38.2 Å². The van der Waals surface area contributed by atoms with Crippen molar-refractivity contribution in [1.82, 2.24) is 0 Å². The van der Waals surface area contributed by atoms with Gasteiger partial charge in [-0.1, -0.05) is 15.9 Å². The van der Waals surface area contributed by atoms with E-state index in [0.29, 0.717) is 10.2 Å². The Morgan fingerprint density at radius 2 is 1.79 bits per heavy atom. The third-order valence-corrected chi connectivity index (χ3v) is 4.72. The van der Waals surface area contributed by atoms with Crippen LogP contribution in [0.15, 0.2) is 46.9 Å². The molecule has 1 N–H and O–H groups in total. The molecule has 1 amide bonds. The molecular formula is C20H20BrFN2O4. The lowest BCUT2D eigenvalue weighted by Gasteiger charge is -2.17. The number of hydrogen-bond donors (Lipinski definition) is 1. The lowest BCUT2D eigenvalue weighted by atomic mass is 10.2. The summed E-state index contributed by atoms with van der Waals surface area (Å²) in [5.41, 5.74) is 1.75. The number of amides is 1. The largest absolute Gasteiger partial charge is 0.479 e. The Morgan fingerprint density at radius 3 is 2.46 bits per heavy atom. The molecule has 0 bridgehead atoms. The summed E-state index contributed by atoms with van der Waals surface area (Å²) >= 11 is 3.13. The maximum Gasteiger partial charge on any atom is 0.344 e. The molecule has 0 aliphatic carbocycles. The van der Waals surface area contributed by atoms with E-state index in [1.807, 2.05) is 24.3 Å². The van der Waals surface area contributed by atoms with Crippen LogP contribution in [0.3, 0.4) is 0 Å². The number of carbonyl (C=O) groups excluding carboxylic acids is 2. The van der Waals surface area contributed by atoms with Crippen LogP contribution >= 0.6 is 15.9 Å². The summed E-state index contributed by atoms with van der Waals surface area (Å²) in [7, 11) is 0. The third kappa shape index (κ3) is 5.69. The van der Waals surface area contributed by atoms with Crippen LogP contribution in [0, 0.1) is 5.82 Å². The number of rotatable bonds is 7. The molecule has 0 saturated carbocycles. The van der Waals surface area contributed by atoms with E-state index in [1.54, 1.807) is 6.07 Å². The van der Waals surface area contributed by atoms with Gasteiger partial charge in [0.25, 0.3) is 5.91 Å². The minimum absolute atomic E-state index is 0.0670. The zero-order valence-corrected chi connectivity index (χ0v) is 16.7. The number of carbonyl (C=O) groups is 2. The fourth-order valence-electron chi connectivity index (χ4n) is 2.84. The fraction of sp³-hybridized carbons (Fsp3) is 0.300. The predicted octanol–water partition coefficient (Wildman–Crippen LogP) is 3.75. The maximum atomic E-state index is 13.6. The van der Waals surface area contributed by atoms with Crippen molar-refractivity contribution in [3.8, 4) is 5.75 Å². The van der Waals surface area contributed by atoms with Crippen LogP contribution in [0.25, 0.3) is 0 Å². The molecule has 148 valence electrons. The predicted molar refractivity (Wildman–Crippen MR) is 107 cm³/mol. The van der Waals surface area contributed by atoms with Gasteiger partial charge in [0.2, 0.25) is 0 Å². The average Bonchev–Trinajstić information content (AvgIpc) is 3.21. The van der Waals surface area contributed by atoms with E-state index in [9.17, 15) is 14.0 Å². The van der Waals surface area contributed by atoms with Crippen molar-refractivity contribution in [2.24, 2.45) is 0 Å². The topological polar surface area (TPSA) is 67.9 Å². The normalized spacial score (nSPS) is 13.3. The number of ether oxygens (including phenoxy) is 2. The molecule has 8 heteroatoms. The first-order chi connectivity index (χ1) is 13.5. The molecule has 0 atom stereocenters. The second kappa shape index (κ2) is 9.54. The van der Waals surface area contributed by atoms with Crippen molar-refractivity contribution in [2.45, 2.75) is 12.8 Å². The summed E-state index contributed by atoms with van der Waals surface area (Å²) in [5, 5.41) is 2.66. The van der Waals surface area contributed by atoms with E-state index >= 15 is 0 Å². The number of halogens is 2. The molecule has 2 aromatic rings. The summed E-state index contributed by atoms with van der Waals surface area (Å²) in [5.74, 6) is -1.89. The van der Waals surface area contributed by atoms with Crippen molar-refractivity contribution in [3.63, 3.8) is 0 Å². The van der Waals surface area contributed by atoms with Crippen LogP contribution < -0.4 is 15.0 Å². The smallest absolute Gasteiger partial charge is 0.344 e. The highest BCUT2D eigenvalue weighted by atomic mass is 79.9. The number of esters is 1. The van der Waals surface area contributed by atoms with Gasteiger partial charge < -0.3 is 19.7 Å². The Labute approximate surface area is 170 Å². The second-order valence-electron chi connectivity index (χ2n) is 6.31. The van der Waals surface area contributed by atoms with Gasteiger partial charge in [0.15, 0.2) is 24.8 Å². The monoisotopic (exact) mass is 450 g/mol. The van der Waals surface area contributed by atoms with E-state index in [2.05, 4.69) is 26.1 Å². The molecule has 1 heterocycles. The van der Waals surface area contributed by atoms with Crippen molar-refractivity contribution in [3.05, 3.63) is 52.8 Å². The van der Waals surface area contributed by atoms with Crippen LogP contribution in [0.1, 0.15) is 12.8 Å². The molecule has 1 saturated heterocycles. The van der Waals surface area contributed by atoms with Crippen LogP contribution in [0.5, 0.6) is 5.75 Å². The first-order valence-corrected chi connectivity index (χ1v) is 9.69. The molecule has 0 unspecified atom stereocenters. The lowest BCUT2D eigenvalue weighted by Crippen LogP contribution is -2.24. The summed E-state index contributed by atoms with van der Waals surface area (Å²) in [6, 6.07) is 11.7. The minimum Gasteiger partial charge on any atom is -0.479 e. The first-order valence-electron chi connectivity index (χ1n) is 8.89. The highest BCUT2D eigenvalue weighted by Gasteiger charge is 2.13. The van der Waals surface area contributed by atoms with Gasteiger partial charge >= 0.3 is 5.97 Å². The second-order valence-corrected chi connectivity index (χ2v) is 7.23. The number of anilines is 2. The Morgan fingerprint density at radius 1 is 1.07 bits per heavy atom. The number of nitrogens with zero attached hydrogens (tertiary/aromatic N) is 1. The molecule has 28 heavy (non-hydrogen) atoms. The average molecular weight is 451 g/mol. The van der Waals surface area contributed by atoms with Crippen LogP contribution in [0.2, 0.25) is 0 Å². The van der Waals surface area contributed by atoms with E-state index in [1.165, 1.54) is 25.0 Å². The van der Waals surface area contributed by atoms with Gasteiger partial charge in [0.05, 0.1) is 0 Å². The lowest BCUT2D eigenvalue weighted by molar-refractivity contribution is -0.149. The van der Waals surface area contributed by atoms with Crippen molar-refractivity contribution < 1.29 is 23.5 Å². The fourth-order valence-corrected chi connectivity index (χ4v) is 3.18. The van der Waals surface area contributed by atoms with Gasteiger partial charge in [-0.05, 0) is 55.3 Å². The minimum atomic E-state index is -0.762. The quantitative estimate of drug-likeness (QED) is 0.650.